The first-order chi connectivity index (χ1) is 10.5. The van der Waals surface area contributed by atoms with Crippen molar-refractivity contribution in [3.8, 4) is 0 Å². The average molecular weight is 306 g/mol. The lowest BCUT2D eigenvalue weighted by molar-refractivity contribution is -0.134. The Kier molecular flexibility index (Phi) is 3.90. The molecule has 1 amide bonds. The van der Waals surface area contributed by atoms with E-state index in [1.807, 2.05) is 4.90 Å². The fourth-order valence-electron chi connectivity index (χ4n) is 3.69. The van der Waals surface area contributed by atoms with Crippen LogP contribution in [-0.4, -0.2) is 57.5 Å². The molecular weight excluding hydrogens is 284 g/mol. The third-order valence-corrected chi connectivity index (χ3v) is 5.19. The van der Waals surface area contributed by atoms with Crippen LogP contribution in [0.5, 0.6) is 0 Å². The van der Waals surface area contributed by atoms with Crippen LogP contribution < -0.4 is 11.2 Å². The summed E-state index contributed by atoms with van der Waals surface area (Å²) in [5.74, 6) is -0.0651. The number of piperidine rings is 1. The summed E-state index contributed by atoms with van der Waals surface area (Å²) in [5.41, 5.74) is -0.714. The van der Waals surface area contributed by atoms with E-state index < -0.39 is 11.2 Å². The molecule has 7 nitrogen and oxygen atoms in total. The molecular formula is C15H22N4O3. The molecule has 0 atom stereocenters. The van der Waals surface area contributed by atoms with Crippen LogP contribution in [0.25, 0.3) is 0 Å². The van der Waals surface area contributed by atoms with Crippen molar-refractivity contribution >= 4 is 5.91 Å². The number of nitrogens with zero attached hydrogens (tertiary/aromatic N) is 3. The maximum absolute atomic E-state index is 12.4. The molecule has 0 radical (unpaired) electrons. The number of hydrogen-bond donors (Lipinski definition) is 1. The van der Waals surface area contributed by atoms with Gasteiger partial charge in [-0.25, -0.2) is 4.79 Å². The summed E-state index contributed by atoms with van der Waals surface area (Å²) in [7, 11) is 2.17. The highest BCUT2D eigenvalue weighted by atomic mass is 16.2. The predicted octanol–water partition coefficient (Wildman–Crippen LogP) is -0.377. The number of likely N-dealkylation sites (tertiary alicyclic amines) is 2. The van der Waals surface area contributed by atoms with Crippen LogP contribution in [0.3, 0.4) is 0 Å². The van der Waals surface area contributed by atoms with Gasteiger partial charge in [-0.15, -0.1) is 0 Å². The minimum Gasteiger partial charge on any atom is -0.341 e. The van der Waals surface area contributed by atoms with Crippen molar-refractivity contribution in [1.82, 2.24) is 19.4 Å². The normalized spacial score (nSPS) is 21.4. The number of aromatic nitrogens is 2. The highest BCUT2D eigenvalue weighted by Crippen LogP contribution is 2.37. The maximum Gasteiger partial charge on any atom is 0.328 e. The Morgan fingerprint density at radius 2 is 1.95 bits per heavy atom. The summed E-state index contributed by atoms with van der Waals surface area (Å²) < 4.78 is 1.25. The van der Waals surface area contributed by atoms with Gasteiger partial charge in [0.2, 0.25) is 5.91 Å². The van der Waals surface area contributed by atoms with E-state index in [-0.39, 0.29) is 18.0 Å². The number of nitrogens with one attached hydrogen (secondary N) is 1. The molecule has 1 aromatic heterocycles. The molecule has 7 heteroatoms. The molecule has 1 N–H and O–H groups in total. The Hall–Kier alpha value is -1.89. The molecule has 0 aromatic carbocycles. The SMILES string of the molecule is CN1CCCC12CCN(C(=O)Cn1ccc(=O)[nH]c1=O)CC2. The first kappa shape index (κ1) is 15.0. The molecule has 0 unspecified atom stereocenters. The van der Waals surface area contributed by atoms with E-state index in [1.165, 1.54) is 29.7 Å². The summed E-state index contributed by atoms with van der Waals surface area (Å²) in [6.45, 7) is 2.60. The van der Waals surface area contributed by atoms with Crippen molar-refractivity contribution in [1.29, 1.82) is 0 Å². The van der Waals surface area contributed by atoms with E-state index in [9.17, 15) is 14.4 Å². The highest BCUT2D eigenvalue weighted by Gasteiger charge is 2.41. The topological polar surface area (TPSA) is 78.4 Å². The second kappa shape index (κ2) is 5.72. The second-order valence-corrected chi connectivity index (χ2v) is 6.37. The lowest BCUT2D eigenvalue weighted by Gasteiger charge is -2.43. The average Bonchev–Trinajstić information content (AvgIpc) is 2.83. The molecule has 120 valence electrons. The Labute approximate surface area is 128 Å². The van der Waals surface area contributed by atoms with Gasteiger partial charge < -0.3 is 9.80 Å². The molecule has 1 aromatic rings. The molecule has 2 fully saturated rings. The minimum atomic E-state index is -0.537. The Morgan fingerprint density at radius 3 is 2.55 bits per heavy atom. The van der Waals surface area contributed by atoms with Crippen LogP contribution in [0, 0.1) is 0 Å². The first-order valence-corrected chi connectivity index (χ1v) is 7.79. The molecule has 2 aliphatic heterocycles. The van der Waals surface area contributed by atoms with E-state index in [4.69, 9.17) is 0 Å². The quantitative estimate of drug-likeness (QED) is 0.808. The van der Waals surface area contributed by atoms with E-state index in [0.29, 0.717) is 0 Å². The smallest absolute Gasteiger partial charge is 0.328 e. The summed E-state index contributed by atoms with van der Waals surface area (Å²) in [6.07, 6.45) is 5.81. The second-order valence-electron chi connectivity index (χ2n) is 6.37. The first-order valence-electron chi connectivity index (χ1n) is 7.79. The fourth-order valence-corrected chi connectivity index (χ4v) is 3.69. The summed E-state index contributed by atoms with van der Waals surface area (Å²) >= 11 is 0. The van der Waals surface area contributed by atoms with Crippen molar-refractivity contribution in [2.75, 3.05) is 26.7 Å². The van der Waals surface area contributed by atoms with E-state index >= 15 is 0 Å². The zero-order valence-electron chi connectivity index (χ0n) is 12.9. The fraction of sp³-hybridized carbons (Fsp3) is 0.667. The number of H-pyrrole nitrogens is 1. The third-order valence-electron chi connectivity index (χ3n) is 5.19. The van der Waals surface area contributed by atoms with E-state index in [2.05, 4.69) is 16.9 Å². The van der Waals surface area contributed by atoms with Crippen LogP contribution >= 0.6 is 0 Å². The van der Waals surface area contributed by atoms with Crippen LogP contribution in [-0.2, 0) is 11.3 Å². The van der Waals surface area contributed by atoms with Gasteiger partial charge in [-0.2, -0.15) is 0 Å². The molecule has 3 rings (SSSR count). The molecule has 1 spiro atoms. The van der Waals surface area contributed by atoms with E-state index in [1.54, 1.807) is 0 Å². The van der Waals surface area contributed by atoms with Crippen LogP contribution in [0.15, 0.2) is 21.9 Å². The van der Waals surface area contributed by atoms with Gasteiger partial charge in [0.15, 0.2) is 0 Å². The summed E-state index contributed by atoms with van der Waals surface area (Å²) in [5, 5.41) is 0. The number of carbonyl (C=O) groups is 1. The molecule has 2 saturated heterocycles. The van der Waals surface area contributed by atoms with Gasteiger partial charge in [0.1, 0.15) is 6.54 Å². The zero-order valence-corrected chi connectivity index (χ0v) is 12.9. The number of hydrogen-bond acceptors (Lipinski definition) is 4. The highest BCUT2D eigenvalue weighted by molar-refractivity contribution is 5.76. The Morgan fingerprint density at radius 1 is 1.23 bits per heavy atom. The number of aromatic amines is 1. The lowest BCUT2D eigenvalue weighted by Crippen LogP contribution is -2.52. The monoisotopic (exact) mass is 306 g/mol. The zero-order chi connectivity index (χ0) is 15.7. The van der Waals surface area contributed by atoms with Gasteiger partial charge in [0.25, 0.3) is 5.56 Å². The number of rotatable bonds is 2. The predicted molar refractivity (Wildman–Crippen MR) is 81.7 cm³/mol. The number of carbonyl (C=O) groups excluding carboxylic acids is 1. The molecule has 0 bridgehead atoms. The van der Waals surface area contributed by atoms with Gasteiger partial charge in [0.05, 0.1) is 0 Å². The van der Waals surface area contributed by atoms with Crippen LogP contribution in [0.1, 0.15) is 25.7 Å². The summed E-state index contributed by atoms with van der Waals surface area (Å²) in [6, 6.07) is 1.26. The maximum atomic E-state index is 12.4. The molecule has 22 heavy (non-hydrogen) atoms. The van der Waals surface area contributed by atoms with Crippen LogP contribution in [0.2, 0.25) is 0 Å². The van der Waals surface area contributed by atoms with Crippen molar-refractivity contribution in [2.24, 2.45) is 0 Å². The van der Waals surface area contributed by atoms with Gasteiger partial charge in [0, 0.05) is 30.9 Å². The Balaban J connectivity index is 1.62. The van der Waals surface area contributed by atoms with Gasteiger partial charge in [-0.05, 0) is 39.3 Å². The largest absolute Gasteiger partial charge is 0.341 e. The minimum absolute atomic E-state index is 0.0154. The van der Waals surface area contributed by atoms with Gasteiger partial charge in [-0.1, -0.05) is 0 Å². The summed E-state index contributed by atoms with van der Waals surface area (Å²) in [4.78, 5) is 41.4. The van der Waals surface area contributed by atoms with Crippen molar-refractivity contribution in [3.63, 3.8) is 0 Å². The molecule has 0 saturated carbocycles. The van der Waals surface area contributed by atoms with Crippen molar-refractivity contribution in [2.45, 2.75) is 37.8 Å². The van der Waals surface area contributed by atoms with Gasteiger partial charge in [-0.3, -0.25) is 19.1 Å². The molecule has 2 aliphatic rings. The standard InChI is InChI=1S/C15H22N4O3/c1-17-7-2-4-15(17)5-9-18(10-6-15)13(21)11-19-8-3-12(20)16-14(19)22/h3,8H,2,4-7,9-11H2,1H3,(H,16,20,22). The van der Waals surface area contributed by atoms with Crippen molar-refractivity contribution < 1.29 is 4.79 Å². The van der Waals surface area contributed by atoms with Crippen molar-refractivity contribution in [3.05, 3.63) is 33.1 Å². The lowest BCUT2D eigenvalue weighted by atomic mass is 9.85. The molecule has 3 heterocycles. The third kappa shape index (κ3) is 2.72. The number of amides is 1. The van der Waals surface area contributed by atoms with E-state index in [0.717, 1.165) is 32.5 Å². The molecule has 0 aliphatic carbocycles. The van der Waals surface area contributed by atoms with Gasteiger partial charge >= 0.3 is 5.69 Å². The Bertz CT molecular complexity index is 670. The van der Waals surface area contributed by atoms with Crippen LogP contribution in [0.4, 0.5) is 0 Å².